The fraction of sp³-hybridized carbons (Fsp3) is 0.778. The maximum Gasteiger partial charge on any atom is 0.0981 e. The fourth-order valence-corrected chi connectivity index (χ4v) is 1.59. The molecule has 0 aromatic rings. The van der Waals surface area contributed by atoms with Gasteiger partial charge < -0.3 is 0 Å². The van der Waals surface area contributed by atoms with Gasteiger partial charge in [0.05, 0.1) is 25.8 Å². The minimum absolute atomic E-state index is 1.11. The number of quaternary nitrogens is 1. The van der Waals surface area contributed by atoms with Crippen LogP contribution in [0.15, 0.2) is 12.3 Å². The summed E-state index contributed by atoms with van der Waals surface area (Å²) in [5.74, 6) is 0. The van der Waals surface area contributed by atoms with Gasteiger partial charge in [0.25, 0.3) is 0 Å². The summed E-state index contributed by atoms with van der Waals surface area (Å²) in [5, 5.41) is 0. The van der Waals surface area contributed by atoms with E-state index in [-0.39, 0.29) is 0 Å². The lowest BCUT2D eigenvalue weighted by atomic mass is 10.1. The van der Waals surface area contributed by atoms with Crippen molar-refractivity contribution in [2.45, 2.75) is 26.2 Å². The van der Waals surface area contributed by atoms with Crippen LogP contribution in [-0.4, -0.2) is 24.6 Å². The second-order valence-corrected chi connectivity index (χ2v) is 3.64. The number of likely N-dealkylation sites (tertiary alicyclic amines) is 1. The third-order valence-electron chi connectivity index (χ3n) is 2.72. The molecule has 1 rings (SSSR count). The highest BCUT2D eigenvalue weighted by Gasteiger charge is 2.25. The first-order valence-corrected chi connectivity index (χ1v) is 4.16. The molecule has 1 heterocycles. The van der Waals surface area contributed by atoms with E-state index in [0.29, 0.717) is 0 Å². The third kappa shape index (κ3) is 1.40. The number of allylic oxidation sites excluding steroid dienone is 1. The van der Waals surface area contributed by atoms with Crippen molar-refractivity contribution in [3.05, 3.63) is 12.3 Å². The summed E-state index contributed by atoms with van der Waals surface area (Å²) in [6.07, 6.45) is 4.17. The highest BCUT2D eigenvalue weighted by atomic mass is 15.3. The molecule has 0 N–H and O–H groups in total. The summed E-state index contributed by atoms with van der Waals surface area (Å²) in [4.78, 5) is 0. The number of piperidine rings is 1. The molecular weight excluding hydrogens is 122 g/mol. The molecule has 10 heavy (non-hydrogen) atoms. The third-order valence-corrected chi connectivity index (χ3v) is 2.72. The Morgan fingerprint density at radius 3 is 2.00 bits per heavy atom. The molecule has 0 saturated carbocycles. The lowest BCUT2D eigenvalue weighted by Crippen LogP contribution is -2.45. The van der Waals surface area contributed by atoms with Crippen molar-refractivity contribution in [3.8, 4) is 0 Å². The van der Waals surface area contributed by atoms with E-state index in [2.05, 4.69) is 20.6 Å². The van der Waals surface area contributed by atoms with Crippen molar-refractivity contribution in [1.29, 1.82) is 0 Å². The summed E-state index contributed by atoms with van der Waals surface area (Å²) < 4.78 is 1.11. The quantitative estimate of drug-likeness (QED) is 0.490. The number of nitrogens with zero attached hydrogens (tertiary/aromatic N) is 1. The van der Waals surface area contributed by atoms with Crippen molar-refractivity contribution < 1.29 is 4.48 Å². The molecule has 1 fully saturated rings. The second-order valence-electron chi connectivity index (χ2n) is 3.64. The first-order valence-electron chi connectivity index (χ1n) is 4.16. The van der Waals surface area contributed by atoms with E-state index < -0.39 is 0 Å². The zero-order valence-electron chi connectivity index (χ0n) is 7.19. The predicted octanol–water partition coefficient (Wildman–Crippen LogP) is 2.15. The zero-order valence-corrected chi connectivity index (χ0v) is 7.19. The van der Waals surface area contributed by atoms with Crippen molar-refractivity contribution in [2.24, 2.45) is 0 Å². The maximum absolute atomic E-state index is 4.02. The lowest BCUT2D eigenvalue weighted by Gasteiger charge is -2.37. The van der Waals surface area contributed by atoms with Crippen LogP contribution in [0.25, 0.3) is 0 Å². The molecule has 0 amide bonds. The van der Waals surface area contributed by atoms with Crippen LogP contribution in [0.5, 0.6) is 0 Å². The summed E-state index contributed by atoms with van der Waals surface area (Å²) in [6, 6.07) is 0. The number of hydrogen-bond acceptors (Lipinski definition) is 0. The van der Waals surface area contributed by atoms with Crippen LogP contribution in [0.2, 0.25) is 0 Å². The molecule has 0 aliphatic carbocycles. The Morgan fingerprint density at radius 2 is 1.70 bits per heavy atom. The predicted molar refractivity (Wildman–Crippen MR) is 44.6 cm³/mol. The minimum atomic E-state index is 1.11. The second kappa shape index (κ2) is 2.75. The van der Waals surface area contributed by atoms with E-state index in [1.165, 1.54) is 38.0 Å². The van der Waals surface area contributed by atoms with E-state index in [0.717, 1.165) is 4.48 Å². The van der Waals surface area contributed by atoms with Crippen LogP contribution in [0.3, 0.4) is 0 Å². The van der Waals surface area contributed by atoms with Gasteiger partial charge in [0, 0.05) is 6.92 Å². The van der Waals surface area contributed by atoms with E-state index in [1.54, 1.807) is 0 Å². The van der Waals surface area contributed by atoms with Crippen LogP contribution >= 0.6 is 0 Å². The highest BCUT2D eigenvalue weighted by molar-refractivity contribution is 4.77. The molecule has 0 bridgehead atoms. The van der Waals surface area contributed by atoms with Gasteiger partial charge in [-0.2, -0.15) is 0 Å². The van der Waals surface area contributed by atoms with Crippen LogP contribution < -0.4 is 0 Å². The van der Waals surface area contributed by atoms with Gasteiger partial charge in [-0.15, -0.1) is 0 Å². The summed E-state index contributed by atoms with van der Waals surface area (Å²) in [7, 11) is 2.29. The van der Waals surface area contributed by atoms with Gasteiger partial charge in [0.1, 0.15) is 0 Å². The molecule has 0 radical (unpaired) electrons. The molecule has 0 atom stereocenters. The molecule has 1 nitrogen and oxygen atoms in total. The summed E-state index contributed by atoms with van der Waals surface area (Å²) in [5.41, 5.74) is 1.32. The van der Waals surface area contributed by atoms with Crippen molar-refractivity contribution in [2.75, 3.05) is 20.1 Å². The Balaban J connectivity index is 2.56. The van der Waals surface area contributed by atoms with Gasteiger partial charge in [0.15, 0.2) is 0 Å². The first-order chi connectivity index (χ1) is 4.65. The van der Waals surface area contributed by atoms with Crippen LogP contribution in [0.4, 0.5) is 0 Å². The molecule has 1 aliphatic rings. The Morgan fingerprint density at radius 1 is 1.20 bits per heavy atom. The molecule has 0 spiro atoms. The van der Waals surface area contributed by atoms with Gasteiger partial charge in [-0.05, 0) is 25.8 Å². The lowest BCUT2D eigenvalue weighted by molar-refractivity contribution is -0.877. The molecule has 1 heteroatoms. The smallest absolute Gasteiger partial charge is 0.0981 e. The normalized spacial score (nSPS) is 24.2. The average Bonchev–Trinajstić information content (AvgIpc) is 1.89. The van der Waals surface area contributed by atoms with Crippen LogP contribution in [0.1, 0.15) is 26.2 Å². The Hall–Kier alpha value is -0.300. The molecule has 0 aromatic heterocycles. The van der Waals surface area contributed by atoms with Crippen LogP contribution in [-0.2, 0) is 0 Å². The minimum Gasteiger partial charge on any atom is -0.298 e. The SMILES string of the molecule is C=C(C)[N+]1(C)CCCCC1. The molecule has 0 aromatic carbocycles. The Bertz CT molecular complexity index is 132. The Labute approximate surface area is 63.9 Å². The monoisotopic (exact) mass is 140 g/mol. The molecule has 1 saturated heterocycles. The molecule has 58 valence electrons. The number of hydrogen-bond donors (Lipinski definition) is 0. The van der Waals surface area contributed by atoms with Gasteiger partial charge in [-0.3, -0.25) is 4.48 Å². The van der Waals surface area contributed by atoms with E-state index in [9.17, 15) is 0 Å². The molecule has 0 unspecified atom stereocenters. The maximum atomic E-state index is 4.02. The van der Waals surface area contributed by atoms with Gasteiger partial charge in [-0.1, -0.05) is 0 Å². The van der Waals surface area contributed by atoms with E-state index in [4.69, 9.17) is 0 Å². The standard InChI is InChI=1S/C9H18N/c1-9(2)10(3)7-5-4-6-8-10/h1,4-8H2,2-3H3/q+1. The average molecular weight is 140 g/mol. The van der Waals surface area contributed by atoms with Crippen molar-refractivity contribution >= 4 is 0 Å². The molecular formula is C9H18N+. The van der Waals surface area contributed by atoms with Gasteiger partial charge in [-0.25, -0.2) is 0 Å². The highest BCUT2D eigenvalue weighted by Crippen LogP contribution is 2.20. The molecule has 1 aliphatic heterocycles. The first kappa shape index (κ1) is 7.80. The fourth-order valence-electron chi connectivity index (χ4n) is 1.59. The number of rotatable bonds is 1. The van der Waals surface area contributed by atoms with Gasteiger partial charge >= 0.3 is 0 Å². The van der Waals surface area contributed by atoms with Crippen molar-refractivity contribution in [1.82, 2.24) is 0 Å². The Kier molecular flexibility index (Phi) is 2.14. The van der Waals surface area contributed by atoms with Crippen molar-refractivity contribution in [3.63, 3.8) is 0 Å². The van der Waals surface area contributed by atoms with Crippen LogP contribution in [0, 0.1) is 0 Å². The van der Waals surface area contributed by atoms with Gasteiger partial charge in [0.2, 0.25) is 0 Å². The summed E-state index contributed by atoms with van der Waals surface area (Å²) in [6.45, 7) is 8.77. The van der Waals surface area contributed by atoms with E-state index >= 15 is 0 Å². The largest absolute Gasteiger partial charge is 0.298 e. The summed E-state index contributed by atoms with van der Waals surface area (Å²) >= 11 is 0. The van der Waals surface area contributed by atoms with E-state index in [1.807, 2.05) is 0 Å². The zero-order chi connectivity index (χ0) is 7.61. The topological polar surface area (TPSA) is 0 Å².